The highest BCUT2D eigenvalue weighted by atomic mass is 19.1. The molecule has 3 rings (SSSR count). The number of aliphatic hydroxyl groups excluding tert-OH is 1. The predicted molar refractivity (Wildman–Crippen MR) is 92.0 cm³/mol. The van der Waals surface area contributed by atoms with Gasteiger partial charge in [-0.25, -0.2) is 14.4 Å². The quantitative estimate of drug-likeness (QED) is 0.748. The van der Waals surface area contributed by atoms with Crippen LogP contribution in [0, 0.1) is 17.1 Å². The summed E-state index contributed by atoms with van der Waals surface area (Å²) >= 11 is 0. The van der Waals surface area contributed by atoms with Crippen LogP contribution in [0.2, 0.25) is 0 Å². The lowest BCUT2D eigenvalue weighted by Gasteiger charge is -2.13. The van der Waals surface area contributed by atoms with E-state index in [4.69, 9.17) is 5.26 Å². The van der Waals surface area contributed by atoms with Gasteiger partial charge in [0.05, 0.1) is 17.4 Å². The van der Waals surface area contributed by atoms with E-state index in [1.165, 1.54) is 18.5 Å². The van der Waals surface area contributed by atoms with Crippen LogP contribution in [-0.4, -0.2) is 21.6 Å². The third-order valence-corrected chi connectivity index (χ3v) is 3.71. The van der Waals surface area contributed by atoms with Gasteiger partial charge in [0.1, 0.15) is 24.0 Å². The van der Waals surface area contributed by atoms with Gasteiger partial charge in [0, 0.05) is 18.2 Å². The number of aromatic nitrogens is 2. The van der Waals surface area contributed by atoms with Crippen molar-refractivity contribution < 1.29 is 9.50 Å². The van der Waals surface area contributed by atoms with E-state index in [0.29, 0.717) is 17.1 Å². The molecule has 0 saturated carbocycles. The number of nitriles is 1. The lowest BCUT2D eigenvalue weighted by Crippen LogP contribution is -2.13. The largest absolute Gasteiger partial charge is 0.387 e. The molecule has 25 heavy (non-hydrogen) atoms. The van der Waals surface area contributed by atoms with E-state index in [1.807, 2.05) is 30.3 Å². The smallest absolute Gasteiger partial charge is 0.141 e. The highest BCUT2D eigenvalue weighted by molar-refractivity contribution is 5.63. The van der Waals surface area contributed by atoms with E-state index in [2.05, 4.69) is 15.3 Å². The number of rotatable bonds is 5. The third kappa shape index (κ3) is 3.97. The van der Waals surface area contributed by atoms with Crippen molar-refractivity contribution >= 4 is 5.82 Å². The fraction of sp³-hybridized carbons (Fsp3) is 0.105. The maximum absolute atomic E-state index is 13.8. The average molecular weight is 334 g/mol. The zero-order valence-electron chi connectivity index (χ0n) is 13.2. The van der Waals surface area contributed by atoms with Crippen LogP contribution in [0.5, 0.6) is 0 Å². The van der Waals surface area contributed by atoms with Crippen LogP contribution in [0.25, 0.3) is 11.3 Å². The number of nitrogens with one attached hydrogen (secondary N) is 1. The van der Waals surface area contributed by atoms with Crippen LogP contribution in [0.15, 0.2) is 60.9 Å². The number of nitrogens with zero attached hydrogens (tertiary/aromatic N) is 3. The number of benzene rings is 2. The summed E-state index contributed by atoms with van der Waals surface area (Å²) in [6, 6.07) is 17.1. The second-order valence-corrected chi connectivity index (χ2v) is 5.40. The Morgan fingerprint density at radius 1 is 1.12 bits per heavy atom. The molecular formula is C19H15FN4O. The van der Waals surface area contributed by atoms with Crippen LogP contribution in [0.4, 0.5) is 10.2 Å². The minimum Gasteiger partial charge on any atom is -0.387 e. The summed E-state index contributed by atoms with van der Waals surface area (Å²) in [5.74, 6) is -0.0719. The molecule has 2 N–H and O–H groups in total. The van der Waals surface area contributed by atoms with E-state index >= 15 is 0 Å². The molecule has 124 valence electrons. The summed E-state index contributed by atoms with van der Waals surface area (Å²) in [4.78, 5) is 8.24. The van der Waals surface area contributed by atoms with Gasteiger partial charge in [0.15, 0.2) is 0 Å². The van der Waals surface area contributed by atoms with Crippen LogP contribution in [0.1, 0.15) is 17.2 Å². The molecule has 0 amide bonds. The van der Waals surface area contributed by atoms with E-state index < -0.39 is 11.9 Å². The number of aliphatic hydroxyl groups is 1. The van der Waals surface area contributed by atoms with E-state index in [0.717, 1.165) is 5.56 Å². The van der Waals surface area contributed by atoms with Gasteiger partial charge in [-0.2, -0.15) is 5.26 Å². The van der Waals surface area contributed by atoms with Crippen molar-refractivity contribution in [3.63, 3.8) is 0 Å². The van der Waals surface area contributed by atoms with Crippen molar-refractivity contribution in [1.82, 2.24) is 9.97 Å². The second-order valence-electron chi connectivity index (χ2n) is 5.40. The molecule has 1 atom stereocenters. The van der Waals surface area contributed by atoms with Crippen molar-refractivity contribution in [3.05, 3.63) is 77.9 Å². The standard InChI is InChI=1S/C19H15FN4O/c20-16-8-14(6-7-15(16)10-21)17-9-19(24-12-23-17)22-11-18(25)13-4-2-1-3-5-13/h1-9,12,18,25H,11H2,(H,22,23,24)/t18-/m0/s1. The maximum atomic E-state index is 13.8. The lowest BCUT2D eigenvalue weighted by atomic mass is 10.1. The van der Waals surface area contributed by atoms with Crippen molar-refractivity contribution in [1.29, 1.82) is 5.26 Å². The highest BCUT2D eigenvalue weighted by Crippen LogP contribution is 2.22. The SMILES string of the molecule is N#Cc1ccc(-c2cc(NC[C@H](O)c3ccccc3)ncn2)cc1F. The molecule has 0 aliphatic heterocycles. The summed E-state index contributed by atoms with van der Waals surface area (Å²) < 4.78 is 13.8. The highest BCUT2D eigenvalue weighted by Gasteiger charge is 2.09. The molecule has 2 aromatic carbocycles. The van der Waals surface area contributed by atoms with Gasteiger partial charge >= 0.3 is 0 Å². The molecule has 0 bridgehead atoms. The molecular weight excluding hydrogens is 319 g/mol. The number of hydrogen-bond donors (Lipinski definition) is 2. The number of hydrogen-bond acceptors (Lipinski definition) is 5. The molecule has 0 saturated heterocycles. The molecule has 6 heteroatoms. The van der Waals surface area contributed by atoms with Crippen LogP contribution >= 0.6 is 0 Å². The molecule has 1 heterocycles. The van der Waals surface area contributed by atoms with E-state index in [1.54, 1.807) is 18.2 Å². The van der Waals surface area contributed by atoms with E-state index in [9.17, 15) is 9.50 Å². The normalized spacial score (nSPS) is 11.6. The summed E-state index contributed by atoms with van der Waals surface area (Å²) in [7, 11) is 0. The zero-order valence-corrected chi connectivity index (χ0v) is 13.2. The molecule has 1 aromatic heterocycles. The van der Waals surface area contributed by atoms with Gasteiger partial charge in [-0.15, -0.1) is 0 Å². The molecule has 0 spiro atoms. The zero-order chi connectivity index (χ0) is 17.6. The Morgan fingerprint density at radius 2 is 1.92 bits per heavy atom. The first-order valence-corrected chi connectivity index (χ1v) is 7.66. The van der Waals surface area contributed by atoms with Gasteiger partial charge in [-0.3, -0.25) is 0 Å². The minimum atomic E-state index is -0.674. The third-order valence-electron chi connectivity index (χ3n) is 3.71. The fourth-order valence-corrected chi connectivity index (χ4v) is 2.37. The van der Waals surface area contributed by atoms with Crippen LogP contribution in [-0.2, 0) is 0 Å². The second kappa shape index (κ2) is 7.51. The van der Waals surface area contributed by atoms with Crippen molar-refractivity contribution in [2.45, 2.75) is 6.10 Å². The van der Waals surface area contributed by atoms with Gasteiger partial charge in [-0.1, -0.05) is 36.4 Å². The topological polar surface area (TPSA) is 81.8 Å². The number of halogens is 1. The molecule has 0 radical (unpaired) electrons. The van der Waals surface area contributed by atoms with Crippen molar-refractivity contribution in [2.75, 3.05) is 11.9 Å². The average Bonchev–Trinajstić information content (AvgIpc) is 2.67. The van der Waals surface area contributed by atoms with Crippen molar-refractivity contribution in [3.8, 4) is 17.3 Å². The predicted octanol–water partition coefficient (Wildman–Crippen LogP) is 3.30. The molecule has 5 nitrogen and oxygen atoms in total. The van der Waals surface area contributed by atoms with Gasteiger partial charge in [0.25, 0.3) is 0 Å². The van der Waals surface area contributed by atoms with Gasteiger partial charge < -0.3 is 10.4 Å². The Balaban J connectivity index is 1.74. The molecule has 0 unspecified atom stereocenters. The molecule has 0 aliphatic rings. The first kappa shape index (κ1) is 16.6. The maximum Gasteiger partial charge on any atom is 0.141 e. The fourth-order valence-electron chi connectivity index (χ4n) is 2.37. The minimum absolute atomic E-state index is 0.0119. The van der Waals surface area contributed by atoms with E-state index in [-0.39, 0.29) is 12.1 Å². The molecule has 0 aliphatic carbocycles. The summed E-state index contributed by atoms with van der Waals surface area (Å²) in [6.07, 6.45) is 0.690. The number of anilines is 1. The van der Waals surface area contributed by atoms with Crippen LogP contribution in [0.3, 0.4) is 0 Å². The van der Waals surface area contributed by atoms with Crippen LogP contribution < -0.4 is 5.32 Å². The van der Waals surface area contributed by atoms with Gasteiger partial charge in [0.2, 0.25) is 0 Å². The van der Waals surface area contributed by atoms with Crippen molar-refractivity contribution in [2.24, 2.45) is 0 Å². The monoisotopic (exact) mass is 334 g/mol. The summed E-state index contributed by atoms with van der Waals surface area (Å²) in [6.45, 7) is 0.280. The van der Waals surface area contributed by atoms with Gasteiger partial charge in [-0.05, 0) is 17.7 Å². The Labute approximate surface area is 144 Å². The Hall–Kier alpha value is -3.30. The summed E-state index contributed by atoms with van der Waals surface area (Å²) in [5, 5.41) is 22.0. The summed E-state index contributed by atoms with van der Waals surface area (Å²) in [5.41, 5.74) is 1.86. The Kier molecular flexibility index (Phi) is 4.97. The Bertz CT molecular complexity index is 909. The first-order valence-electron chi connectivity index (χ1n) is 7.66. The first-order chi connectivity index (χ1) is 12.2. The molecule has 3 aromatic rings. The lowest BCUT2D eigenvalue weighted by molar-refractivity contribution is 0.191. The molecule has 0 fully saturated rings. The Morgan fingerprint density at radius 3 is 2.64 bits per heavy atom.